The van der Waals surface area contributed by atoms with Crippen molar-refractivity contribution in [2.45, 2.75) is 6.92 Å². The van der Waals surface area contributed by atoms with Gasteiger partial charge in [-0.15, -0.1) is 0 Å². The lowest BCUT2D eigenvalue weighted by molar-refractivity contribution is -0.149. The molecular weight excluding hydrogens is 344 g/mol. The second-order valence-corrected chi connectivity index (χ2v) is 4.66. The zero-order chi connectivity index (χ0) is 16.0. The van der Waals surface area contributed by atoms with Gasteiger partial charge in [0.1, 0.15) is 17.3 Å². The average molecular weight is 359 g/mol. The maximum atomic E-state index is 11.4. The van der Waals surface area contributed by atoms with Crippen LogP contribution in [0.1, 0.15) is 12.5 Å². The number of aliphatic hydroxyl groups is 1. The molecular formula is C14H15BrO6. The number of ketones is 1. The Labute approximate surface area is 130 Å². The summed E-state index contributed by atoms with van der Waals surface area (Å²) in [6, 6.07) is 3.09. The first kappa shape index (κ1) is 17.0. The van der Waals surface area contributed by atoms with Crippen molar-refractivity contribution in [3.05, 3.63) is 28.2 Å². The van der Waals surface area contributed by atoms with Crippen molar-refractivity contribution >= 4 is 33.4 Å². The molecule has 0 saturated heterocycles. The lowest BCUT2D eigenvalue weighted by Crippen LogP contribution is -2.13. The highest BCUT2D eigenvalue weighted by molar-refractivity contribution is 9.10. The van der Waals surface area contributed by atoms with Crippen molar-refractivity contribution in [3.8, 4) is 11.5 Å². The van der Waals surface area contributed by atoms with Crippen molar-refractivity contribution in [1.82, 2.24) is 0 Å². The van der Waals surface area contributed by atoms with Gasteiger partial charge in [0, 0.05) is 12.1 Å². The van der Waals surface area contributed by atoms with Crippen LogP contribution in [-0.4, -0.2) is 37.7 Å². The summed E-state index contributed by atoms with van der Waals surface area (Å²) in [7, 11) is 2.50. The number of halogens is 1. The van der Waals surface area contributed by atoms with Crippen LogP contribution in [0.5, 0.6) is 11.5 Å². The zero-order valence-electron chi connectivity index (χ0n) is 11.8. The van der Waals surface area contributed by atoms with Gasteiger partial charge in [0.25, 0.3) is 5.78 Å². The van der Waals surface area contributed by atoms with Crippen molar-refractivity contribution in [3.63, 3.8) is 0 Å². The van der Waals surface area contributed by atoms with Gasteiger partial charge in [0.15, 0.2) is 0 Å². The van der Waals surface area contributed by atoms with Crippen LogP contribution in [-0.2, 0) is 14.3 Å². The summed E-state index contributed by atoms with van der Waals surface area (Å²) in [6.45, 7) is 2.29. The summed E-state index contributed by atoms with van der Waals surface area (Å²) in [5.41, 5.74) is 0.241. The number of carbonyl (C=O) groups is 2. The zero-order valence-corrected chi connectivity index (χ0v) is 13.4. The quantitative estimate of drug-likeness (QED) is 0.364. The molecule has 0 spiro atoms. The van der Waals surface area contributed by atoms with E-state index < -0.39 is 17.5 Å². The van der Waals surface area contributed by atoms with Crippen LogP contribution in [0.4, 0.5) is 0 Å². The third kappa shape index (κ3) is 4.22. The second-order valence-electron chi connectivity index (χ2n) is 3.80. The van der Waals surface area contributed by atoms with Gasteiger partial charge in [-0.1, -0.05) is 0 Å². The number of methoxy groups -OCH3 is 2. The minimum absolute atomic E-state index is 0.241. The Hall–Kier alpha value is -2.02. The molecule has 1 aromatic rings. The topological polar surface area (TPSA) is 82.1 Å². The molecule has 1 aromatic carbocycles. The number of aliphatic hydroxyl groups excluding tert-OH is 1. The molecule has 0 amide bonds. The minimum Gasteiger partial charge on any atom is -0.507 e. The molecule has 1 N–H and O–H groups in total. The standard InChI is InChI=1S/C14H15BrO6/c1-4-21-13-7-12(19-2)8(5-9(13)15)10(16)6-11(17)14(18)20-3/h5-7,16H,4H2,1-3H3. The molecule has 0 bridgehead atoms. The maximum Gasteiger partial charge on any atom is 0.378 e. The molecule has 0 atom stereocenters. The second kappa shape index (κ2) is 7.68. The Kier molecular flexibility index (Phi) is 6.23. The van der Waals surface area contributed by atoms with Gasteiger partial charge in [-0.3, -0.25) is 4.79 Å². The summed E-state index contributed by atoms with van der Waals surface area (Å²) in [4.78, 5) is 22.5. The van der Waals surface area contributed by atoms with E-state index in [4.69, 9.17) is 9.47 Å². The molecule has 7 heteroatoms. The summed E-state index contributed by atoms with van der Waals surface area (Å²) in [6.07, 6.45) is 0.774. The third-order valence-electron chi connectivity index (χ3n) is 2.48. The van der Waals surface area contributed by atoms with Gasteiger partial charge in [-0.2, -0.15) is 0 Å². The maximum absolute atomic E-state index is 11.4. The van der Waals surface area contributed by atoms with Crippen LogP contribution in [0.3, 0.4) is 0 Å². The smallest absolute Gasteiger partial charge is 0.378 e. The fourth-order valence-electron chi connectivity index (χ4n) is 1.53. The Morgan fingerprint density at radius 3 is 2.48 bits per heavy atom. The van der Waals surface area contributed by atoms with Crippen LogP contribution in [0.15, 0.2) is 22.7 Å². The third-order valence-corrected chi connectivity index (χ3v) is 3.10. The molecule has 114 valence electrons. The molecule has 0 aliphatic rings. The van der Waals surface area contributed by atoms with E-state index in [1.807, 2.05) is 6.92 Å². The fourth-order valence-corrected chi connectivity index (χ4v) is 1.99. The number of rotatable bonds is 6. The monoisotopic (exact) mass is 358 g/mol. The number of esters is 1. The van der Waals surface area contributed by atoms with Gasteiger partial charge < -0.3 is 19.3 Å². The fraction of sp³-hybridized carbons (Fsp3) is 0.286. The van der Waals surface area contributed by atoms with Gasteiger partial charge in [0.2, 0.25) is 0 Å². The molecule has 0 aliphatic carbocycles. The number of benzene rings is 1. The lowest BCUT2D eigenvalue weighted by atomic mass is 10.1. The molecule has 21 heavy (non-hydrogen) atoms. The number of carbonyl (C=O) groups excluding carboxylic acids is 2. The highest BCUT2D eigenvalue weighted by Gasteiger charge is 2.17. The van der Waals surface area contributed by atoms with E-state index in [9.17, 15) is 14.7 Å². The van der Waals surface area contributed by atoms with Gasteiger partial charge in [-0.05, 0) is 28.9 Å². The van der Waals surface area contributed by atoms with Gasteiger partial charge >= 0.3 is 5.97 Å². The molecule has 6 nitrogen and oxygen atoms in total. The Morgan fingerprint density at radius 1 is 1.29 bits per heavy atom. The van der Waals surface area contributed by atoms with Crippen molar-refractivity contribution < 1.29 is 28.9 Å². The average Bonchev–Trinajstić information content (AvgIpc) is 2.47. The van der Waals surface area contributed by atoms with Crippen LogP contribution in [0, 0.1) is 0 Å². The Bertz CT molecular complexity index is 579. The van der Waals surface area contributed by atoms with E-state index in [1.165, 1.54) is 13.2 Å². The van der Waals surface area contributed by atoms with E-state index >= 15 is 0 Å². The molecule has 0 aliphatic heterocycles. The molecule has 1 rings (SSSR count). The van der Waals surface area contributed by atoms with Crippen molar-refractivity contribution in [2.75, 3.05) is 20.8 Å². The van der Waals surface area contributed by atoms with E-state index in [0.29, 0.717) is 22.6 Å². The summed E-state index contributed by atoms with van der Waals surface area (Å²) >= 11 is 3.29. The van der Waals surface area contributed by atoms with Crippen LogP contribution in [0.2, 0.25) is 0 Å². The first-order valence-electron chi connectivity index (χ1n) is 5.98. The van der Waals surface area contributed by atoms with Crippen molar-refractivity contribution in [2.24, 2.45) is 0 Å². The Balaban J connectivity index is 3.23. The van der Waals surface area contributed by atoms with E-state index in [2.05, 4.69) is 20.7 Å². The normalized spacial score (nSPS) is 11.0. The van der Waals surface area contributed by atoms with E-state index in [0.717, 1.165) is 13.2 Å². The molecule has 0 aromatic heterocycles. The number of ether oxygens (including phenoxy) is 3. The first-order valence-corrected chi connectivity index (χ1v) is 6.77. The van der Waals surface area contributed by atoms with Gasteiger partial charge in [0.05, 0.1) is 30.9 Å². The molecule has 0 fully saturated rings. The molecule has 0 saturated carbocycles. The van der Waals surface area contributed by atoms with Gasteiger partial charge in [-0.25, -0.2) is 4.79 Å². The summed E-state index contributed by atoms with van der Waals surface area (Å²) in [5, 5.41) is 9.98. The number of hydrogen-bond donors (Lipinski definition) is 1. The largest absolute Gasteiger partial charge is 0.507 e. The SMILES string of the molecule is CCOc1cc(OC)c(C(O)=CC(=O)C(=O)OC)cc1Br. The van der Waals surface area contributed by atoms with E-state index in [-0.39, 0.29) is 5.56 Å². The molecule has 0 unspecified atom stereocenters. The first-order chi connectivity index (χ1) is 9.94. The van der Waals surface area contributed by atoms with E-state index in [1.54, 1.807) is 6.07 Å². The Morgan fingerprint density at radius 2 is 1.95 bits per heavy atom. The summed E-state index contributed by atoms with van der Waals surface area (Å²) in [5.74, 6) is -1.61. The summed E-state index contributed by atoms with van der Waals surface area (Å²) < 4.78 is 15.4. The number of hydrogen-bond acceptors (Lipinski definition) is 6. The predicted molar refractivity (Wildman–Crippen MR) is 79.5 cm³/mol. The predicted octanol–water partition coefficient (Wildman–Crippen LogP) is 2.50. The van der Waals surface area contributed by atoms with Crippen LogP contribution >= 0.6 is 15.9 Å². The van der Waals surface area contributed by atoms with Crippen molar-refractivity contribution in [1.29, 1.82) is 0 Å². The minimum atomic E-state index is -1.06. The lowest BCUT2D eigenvalue weighted by Gasteiger charge is -2.12. The highest BCUT2D eigenvalue weighted by atomic mass is 79.9. The van der Waals surface area contributed by atoms with Crippen LogP contribution < -0.4 is 9.47 Å². The highest BCUT2D eigenvalue weighted by Crippen LogP contribution is 2.35. The molecule has 0 radical (unpaired) electrons. The van der Waals surface area contributed by atoms with Crippen LogP contribution in [0.25, 0.3) is 5.76 Å². The molecule has 0 heterocycles.